The zero-order valence-electron chi connectivity index (χ0n) is 8.92. The van der Waals surface area contributed by atoms with Gasteiger partial charge < -0.3 is 9.84 Å². The Bertz CT molecular complexity index is 325. The summed E-state index contributed by atoms with van der Waals surface area (Å²) < 4.78 is 4.82. The Balaban J connectivity index is 2.40. The maximum atomic E-state index is 11.6. The van der Waals surface area contributed by atoms with E-state index in [2.05, 4.69) is 33.3 Å². The maximum absolute atomic E-state index is 11.6. The number of nitrogens with zero attached hydrogens (tertiary/aromatic N) is 1. The van der Waals surface area contributed by atoms with E-state index in [1.54, 1.807) is 6.92 Å². The molecule has 0 fully saturated rings. The van der Waals surface area contributed by atoms with E-state index < -0.39 is 0 Å². The number of hydrogen-bond donors (Lipinski definition) is 1. The molecule has 1 unspecified atom stereocenters. The Labute approximate surface area is 97.5 Å². The van der Waals surface area contributed by atoms with Crippen LogP contribution in [0.1, 0.15) is 29.5 Å². The minimum Gasteiger partial charge on any atom is -0.361 e. The molecule has 1 aromatic rings. The summed E-state index contributed by atoms with van der Waals surface area (Å²) in [7, 11) is 0. The van der Waals surface area contributed by atoms with Gasteiger partial charge in [-0.05, 0) is 19.3 Å². The van der Waals surface area contributed by atoms with Gasteiger partial charge in [-0.25, -0.2) is 0 Å². The van der Waals surface area contributed by atoms with Crippen LogP contribution in [0.25, 0.3) is 0 Å². The fraction of sp³-hybridized carbons (Fsp3) is 0.600. The van der Waals surface area contributed by atoms with Crippen LogP contribution < -0.4 is 5.32 Å². The lowest BCUT2D eigenvalue weighted by Crippen LogP contribution is -2.28. The topological polar surface area (TPSA) is 55.1 Å². The van der Waals surface area contributed by atoms with Gasteiger partial charge in [0.05, 0.1) is 6.20 Å². The summed E-state index contributed by atoms with van der Waals surface area (Å²) in [6, 6.07) is 0. The van der Waals surface area contributed by atoms with Crippen molar-refractivity contribution in [3.8, 4) is 0 Å². The van der Waals surface area contributed by atoms with Gasteiger partial charge >= 0.3 is 0 Å². The number of carbonyl (C=O) groups is 1. The molecule has 0 saturated heterocycles. The molecule has 5 heteroatoms. The number of aromatic nitrogens is 1. The number of alkyl halides is 1. The van der Waals surface area contributed by atoms with Crippen molar-refractivity contribution in [2.24, 2.45) is 5.92 Å². The Morgan fingerprint density at radius 1 is 1.73 bits per heavy atom. The third kappa shape index (κ3) is 3.66. The molecule has 1 amide bonds. The Morgan fingerprint density at radius 2 is 2.47 bits per heavy atom. The number of rotatable bonds is 5. The summed E-state index contributed by atoms with van der Waals surface area (Å²) in [6.45, 7) is 4.50. The highest BCUT2D eigenvalue weighted by molar-refractivity contribution is 9.09. The highest BCUT2D eigenvalue weighted by Crippen LogP contribution is 2.07. The molecule has 0 saturated carbocycles. The average Bonchev–Trinajstić information content (AvgIpc) is 2.61. The van der Waals surface area contributed by atoms with Gasteiger partial charge in [-0.15, -0.1) is 0 Å². The van der Waals surface area contributed by atoms with E-state index in [-0.39, 0.29) is 5.91 Å². The van der Waals surface area contributed by atoms with Gasteiger partial charge in [0.1, 0.15) is 11.3 Å². The van der Waals surface area contributed by atoms with Gasteiger partial charge in [-0.2, -0.15) is 0 Å². The highest BCUT2D eigenvalue weighted by Gasteiger charge is 2.13. The monoisotopic (exact) mass is 274 g/mol. The zero-order valence-corrected chi connectivity index (χ0v) is 10.5. The molecule has 0 aromatic carbocycles. The van der Waals surface area contributed by atoms with E-state index in [0.717, 1.165) is 11.8 Å². The number of nitrogens with one attached hydrogen (secondary N) is 1. The molecular formula is C10H15BrN2O2. The third-order valence-corrected chi connectivity index (χ3v) is 2.67. The summed E-state index contributed by atoms with van der Waals surface area (Å²) in [5, 5.41) is 7.37. The van der Waals surface area contributed by atoms with E-state index in [4.69, 9.17) is 4.52 Å². The zero-order chi connectivity index (χ0) is 11.3. The summed E-state index contributed by atoms with van der Waals surface area (Å²) in [6.07, 6.45) is 2.49. The first-order chi connectivity index (χ1) is 7.15. The lowest BCUT2D eigenvalue weighted by molar-refractivity contribution is 0.0946. The van der Waals surface area contributed by atoms with Crippen LogP contribution in [0, 0.1) is 12.8 Å². The van der Waals surface area contributed by atoms with Crippen molar-refractivity contribution in [1.82, 2.24) is 10.5 Å². The van der Waals surface area contributed by atoms with Crippen LogP contribution in [0.3, 0.4) is 0 Å². The molecule has 0 aliphatic heterocycles. The van der Waals surface area contributed by atoms with Crippen molar-refractivity contribution in [1.29, 1.82) is 0 Å². The normalized spacial score (nSPS) is 12.5. The number of halogens is 1. The largest absolute Gasteiger partial charge is 0.361 e. The Morgan fingerprint density at radius 3 is 3.00 bits per heavy atom. The van der Waals surface area contributed by atoms with Crippen molar-refractivity contribution in [2.75, 3.05) is 11.9 Å². The molecular weight excluding hydrogens is 260 g/mol. The minimum atomic E-state index is -0.116. The van der Waals surface area contributed by atoms with Crippen LogP contribution in [0.5, 0.6) is 0 Å². The van der Waals surface area contributed by atoms with Gasteiger partial charge in [0.15, 0.2) is 0 Å². The van der Waals surface area contributed by atoms with Crippen LogP contribution in [0.4, 0.5) is 0 Å². The molecule has 1 N–H and O–H groups in total. The van der Waals surface area contributed by atoms with Crippen LogP contribution in [0.15, 0.2) is 10.7 Å². The first kappa shape index (κ1) is 12.2. The van der Waals surface area contributed by atoms with E-state index >= 15 is 0 Å². The molecule has 15 heavy (non-hydrogen) atoms. The van der Waals surface area contributed by atoms with Crippen LogP contribution in [-0.2, 0) is 0 Å². The maximum Gasteiger partial charge on any atom is 0.256 e. The summed E-state index contributed by atoms with van der Waals surface area (Å²) in [5.74, 6) is 0.907. The molecule has 1 rings (SSSR count). The molecule has 0 spiro atoms. The predicted molar refractivity (Wildman–Crippen MR) is 61.1 cm³/mol. The quantitative estimate of drug-likeness (QED) is 0.837. The second-order valence-electron chi connectivity index (χ2n) is 3.59. The molecule has 1 aromatic heterocycles. The fourth-order valence-corrected chi connectivity index (χ4v) is 1.95. The van der Waals surface area contributed by atoms with Crippen LogP contribution >= 0.6 is 15.9 Å². The summed E-state index contributed by atoms with van der Waals surface area (Å²) in [5.41, 5.74) is 0.515. The summed E-state index contributed by atoms with van der Waals surface area (Å²) in [4.78, 5) is 11.6. The number of amides is 1. The van der Waals surface area contributed by atoms with E-state index in [9.17, 15) is 4.79 Å². The van der Waals surface area contributed by atoms with Crippen molar-refractivity contribution in [3.63, 3.8) is 0 Å². The first-order valence-corrected chi connectivity index (χ1v) is 6.02. The van der Waals surface area contributed by atoms with E-state index in [1.807, 2.05) is 0 Å². The first-order valence-electron chi connectivity index (χ1n) is 4.90. The lowest BCUT2D eigenvalue weighted by atomic mass is 10.1. The molecule has 0 bridgehead atoms. The highest BCUT2D eigenvalue weighted by atomic mass is 79.9. The smallest absolute Gasteiger partial charge is 0.256 e. The number of aryl methyl sites for hydroxylation is 1. The van der Waals surface area contributed by atoms with Crippen molar-refractivity contribution >= 4 is 21.8 Å². The predicted octanol–water partition coefficient (Wildman–Crippen LogP) is 2.13. The minimum absolute atomic E-state index is 0.116. The molecule has 1 atom stereocenters. The van der Waals surface area contributed by atoms with E-state index in [0.29, 0.717) is 23.8 Å². The molecule has 0 aliphatic rings. The SMILES string of the molecule is Cc1oncc1C(=O)NCC(C)CCBr. The van der Waals surface area contributed by atoms with Crippen molar-refractivity contribution in [3.05, 3.63) is 17.5 Å². The van der Waals surface area contributed by atoms with Crippen molar-refractivity contribution in [2.45, 2.75) is 20.3 Å². The number of hydrogen-bond acceptors (Lipinski definition) is 3. The standard InChI is InChI=1S/C10H15BrN2O2/c1-7(3-4-11)5-12-10(14)9-6-13-15-8(9)2/h6-7H,3-5H2,1-2H3,(H,12,14). The molecule has 0 aliphatic carbocycles. The van der Waals surface area contributed by atoms with Crippen molar-refractivity contribution < 1.29 is 9.32 Å². The molecule has 4 nitrogen and oxygen atoms in total. The molecule has 84 valence electrons. The van der Waals surface area contributed by atoms with Crippen LogP contribution in [-0.4, -0.2) is 22.9 Å². The molecule has 1 heterocycles. The fourth-order valence-electron chi connectivity index (χ4n) is 1.17. The lowest BCUT2D eigenvalue weighted by Gasteiger charge is -2.10. The second-order valence-corrected chi connectivity index (χ2v) is 4.38. The van der Waals surface area contributed by atoms with E-state index in [1.165, 1.54) is 6.20 Å². The van der Waals surface area contributed by atoms with Gasteiger partial charge in [-0.1, -0.05) is 28.0 Å². The number of carbonyl (C=O) groups excluding carboxylic acids is 1. The average molecular weight is 275 g/mol. The third-order valence-electron chi connectivity index (χ3n) is 2.21. The van der Waals surface area contributed by atoms with Gasteiger partial charge in [0, 0.05) is 11.9 Å². The van der Waals surface area contributed by atoms with Gasteiger partial charge in [0.2, 0.25) is 0 Å². The van der Waals surface area contributed by atoms with Gasteiger partial charge in [-0.3, -0.25) is 4.79 Å². The Kier molecular flexibility index (Phi) is 4.81. The Hall–Kier alpha value is -0.840. The van der Waals surface area contributed by atoms with Gasteiger partial charge in [0.25, 0.3) is 5.91 Å². The second kappa shape index (κ2) is 5.90. The summed E-state index contributed by atoms with van der Waals surface area (Å²) >= 11 is 3.37. The molecule has 0 radical (unpaired) electrons. The van der Waals surface area contributed by atoms with Crippen LogP contribution in [0.2, 0.25) is 0 Å².